The van der Waals surface area contributed by atoms with E-state index in [2.05, 4.69) is 25.5 Å². The molecule has 0 aliphatic rings. The van der Waals surface area contributed by atoms with Crippen LogP contribution in [0.1, 0.15) is 83.1 Å². The van der Waals surface area contributed by atoms with Gasteiger partial charge in [0, 0.05) is 23.8 Å². The number of ether oxygens (including phenoxy) is 3. The van der Waals surface area contributed by atoms with Crippen LogP contribution in [0, 0.1) is 22.7 Å². The van der Waals surface area contributed by atoms with E-state index in [4.69, 9.17) is 42.5 Å². The lowest BCUT2D eigenvalue weighted by Crippen LogP contribution is -2.42. The number of nitrogens with one attached hydrogen (secondary N) is 2. The molecular weight excluding hydrogens is 655 g/mol. The van der Waals surface area contributed by atoms with Crippen molar-refractivity contribution in [1.29, 1.82) is 0 Å². The van der Waals surface area contributed by atoms with E-state index < -0.39 is 68.0 Å². The molecule has 13 nitrogen and oxygen atoms in total. The van der Waals surface area contributed by atoms with Crippen LogP contribution in [-0.4, -0.2) is 74.1 Å². The second-order valence-electron chi connectivity index (χ2n) is 13.1. The van der Waals surface area contributed by atoms with E-state index in [0.717, 1.165) is 0 Å². The second kappa shape index (κ2) is 19.6. The second-order valence-corrected chi connectivity index (χ2v) is 15.7. The molecule has 0 rings (SSSR count). The number of carboxylic acids is 1. The van der Waals surface area contributed by atoms with Crippen molar-refractivity contribution in [2.75, 3.05) is 25.2 Å². The molecule has 2 atom stereocenters. The predicted octanol–water partition coefficient (Wildman–Crippen LogP) is 5.85. The van der Waals surface area contributed by atoms with Crippen molar-refractivity contribution < 1.29 is 51.1 Å². The first-order valence-electron chi connectivity index (χ1n) is 13.0. The smallest absolute Gasteiger partial charge is 0.407 e. The number of carbonyl (C=O) groups excluding carboxylic acids is 3. The highest BCUT2D eigenvalue weighted by Crippen LogP contribution is 2.27. The van der Waals surface area contributed by atoms with Crippen molar-refractivity contribution in [1.82, 2.24) is 10.6 Å². The van der Waals surface area contributed by atoms with Gasteiger partial charge in [-0.2, -0.15) is 8.42 Å². The number of alkyl halides is 2. The van der Waals surface area contributed by atoms with Gasteiger partial charge < -0.3 is 30.0 Å². The van der Waals surface area contributed by atoms with E-state index in [1.807, 2.05) is 41.5 Å². The van der Waals surface area contributed by atoms with E-state index in [1.54, 1.807) is 41.5 Å². The van der Waals surface area contributed by atoms with Crippen LogP contribution in [0.2, 0.25) is 0 Å². The average molecular weight is 704 g/mol. The van der Waals surface area contributed by atoms with Gasteiger partial charge in [0.2, 0.25) is 0 Å². The Morgan fingerprint density at radius 1 is 0.698 bits per heavy atom. The number of hydrogen-bond acceptors (Lipinski definition) is 10. The maximum absolute atomic E-state index is 11.8. The Morgan fingerprint density at radius 3 is 1.26 bits per heavy atom. The van der Waals surface area contributed by atoms with E-state index in [1.165, 1.54) is 0 Å². The summed E-state index contributed by atoms with van der Waals surface area (Å²) in [7, 11) is 0.665. The van der Waals surface area contributed by atoms with Crippen LogP contribution in [0.3, 0.4) is 0 Å². The molecule has 0 aromatic rings. The molecule has 0 saturated carbocycles. The van der Waals surface area contributed by atoms with Crippen molar-refractivity contribution in [2.45, 2.75) is 94.3 Å². The minimum Gasteiger partial charge on any atom is -0.481 e. The molecule has 0 saturated heterocycles. The van der Waals surface area contributed by atoms with Gasteiger partial charge in [0.25, 0.3) is 0 Å². The summed E-state index contributed by atoms with van der Waals surface area (Å²) in [6.45, 7) is 21.9. The summed E-state index contributed by atoms with van der Waals surface area (Å²) in [5.74, 6) is -2.49. The van der Waals surface area contributed by atoms with Gasteiger partial charge in [-0.25, -0.2) is 13.8 Å². The third-order valence-corrected chi connectivity index (χ3v) is 5.77. The minimum atomic E-state index is -3.83. The maximum atomic E-state index is 11.8. The Labute approximate surface area is 270 Å². The number of hydrogen-bond donors (Lipinski definition) is 3. The average Bonchev–Trinajstić information content (AvgIpc) is 2.69. The van der Waals surface area contributed by atoms with Crippen LogP contribution < -0.4 is 10.6 Å². The fourth-order valence-corrected chi connectivity index (χ4v) is 3.55. The summed E-state index contributed by atoms with van der Waals surface area (Å²) in [5, 5.41) is 14.1. The fourth-order valence-electron chi connectivity index (χ4n) is 2.71. The molecule has 2 amide bonds. The summed E-state index contributed by atoms with van der Waals surface area (Å²) < 4.78 is 38.1. The van der Waals surface area contributed by atoms with Crippen molar-refractivity contribution in [3.05, 3.63) is 0 Å². The number of carboxylic acid groups (broad SMARTS) is 1. The quantitative estimate of drug-likeness (QED) is 0.113. The van der Waals surface area contributed by atoms with E-state index >= 15 is 0 Å². The van der Waals surface area contributed by atoms with Crippen LogP contribution in [0.5, 0.6) is 0 Å². The molecule has 0 bridgehead atoms. The molecule has 0 fully saturated rings. The van der Waals surface area contributed by atoms with Crippen molar-refractivity contribution in [3.8, 4) is 0 Å². The zero-order valence-electron chi connectivity index (χ0n) is 27.1. The zero-order valence-corrected chi connectivity index (χ0v) is 30.1. The summed E-state index contributed by atoms with van der Waals surface area (Å²) in [6.07, 6.45) is -1.14. The van der Waals surface area contributed by atoms with Gasteiger partial charge >= 0.3 is 33.5 Å². The summed E-state index contributed by atoms with van der Waals surface area (Å²) in [5.41, 5.74) is -1.92. The Balaban J connectivity index is -0.000000613. The van der Waals surface area contributed by atoms with Gasteiger partial charge in [-0.1, -0.05) is 64.7 Å². The van der Waals surface area contributed by atoms with Crippen LogP contribution in [0.15, 0.2) is 0 Å². The van der Waals surface area contributed by atoms with Gasteiger partial charge in [-0.05, 0) is 52.4 Å². The molecule has 0 aliphatic heterocycles. The van der Waals surface area contributed by atoms with Gasteiger partial charge in [0.1, 0.15) is 17.3 Å². The molecule has 0 spiro atoms. The van der Waals surface area contributed by atoms with Crippen molar-refractivity contribution in [2.24, 2.45) is 22.7 Å². The Bertz CT molecular complexity index is 982. The Hall–Kier alpha value is -1.74. The number of rotatable bonds is 9. The first-order chi connectivity index (χ1) is 19.0. The van der Waals surface area contributed by atoms with Gasteiger partial charge in [-0.3, -0.25) is 9.59 Å². The van der Waals surface area contributed by atoms with Gasteiger partial charge in [0.15, 0.2) is 6.07 Å². The van der Waals surface area contributed by atoms with E-state index in [0.29, 0.717) is 0 Å². The molecule has 2 unspecified atom stereocenters. The number of esters is 1. The normalized spacial score (nSPS) is 13.5. The lowest BCUT2D eigenvalue weighted by Gasteiger charge is -2.29. The Kier molecular flexibility index (Phi) is 20.8. The lowest BCUT2D eigenvalue weighted by atomic mass is 9.80. The molecule has 43 heavy (non-hydrogen) atoms. The number of aliphatic carboxylic acids is 1. The van der Waals surface area contributed by atoms with E-state index in [9.17, 15) is 27.6 Å². The largest absolute Gasteiger partial charge is 0.481 e. The highest BCUT2D eigenvalue weighted by atomic mass is 35.7. The molecule has 17 heteroatoms. The standard InChI is InChI=1S/C13H24ClNO4.C12H23NO4.CH2Cl2O3S/c1-12(2,3)9(10(16)18-8-14)7-15-11(17)19-13(4,5)6;1-11(2,3)8(9(14)15)7-13-10(16)17-12(4,5)6;2-1-6-7(3,4)5/h9H,7-8H2,1-6H3,(H,15,17);8H,7H2,1-6H3,(H,13,16)(H,14,15);1H2. The van der Waals surface area contributed by atoms with Crippen molar-refractivity contribution in [3.63, 3.8) is 0 Å². The van der Waals surface area contributed by atoms with Crippen molar-refractivity contribution >= 4 is 67.3 Å². The van der Waals surface area contributed by atoms with E-state index in [-0.39, 0.29) is 24.6 Å². The van der Waals surface area contributed by atoms with Gasteiger partial charge in [-0.15, -0.1) is 0 Å². The van der Waals surface area contributed by atoms with Crippen LogP contribution in [-0.2, 0) is 37.3 Å². The topological polar surface area (TPSA) is 184 Å². The molecule has 0 aliphatic carbocycles. The molecule has 0 radical (unpaired) electrons. The third-order valence-electron chi connectivity index (χ3n) is 4.75. The predicted molar refractivity (Wildman–Crippen MR) is 165 cm³/mol. The van der Waals surface area contributed by atoms with Crippen LogP contribution in [0.4, 0.5) is 9.59 Å². The third kappa shape index (κ3) is 28.8. The molecule has 256 valence electrons. The van der Waals surface area contributed by atoms with Gasteiger partial charge in [0.05, 0.1) is 11.8 Å². The maximum Gasteiger partial charge on any atom is 0.407 e. The molecular formula is C26H49Cl3N2O11S. The SMILES string of the molecule is CC(C)(C)OC(=O)NCC(C(=O)O)C(C)(C)C.CC(C)(C)OC(=O)NCC(C(=O)OCCl)C(C)(C)C.O=S(=O)(Cl)OCCl. The summed E-state index contributed by atoms with van der Waals surface area (Å²) in [6, 6.07) is -0.635. The minimum absolute atomic E-state index is 0.0632. The Morgan fingerprint density at radius 2 is 1.05 bits per heavy atom. The number of amides is 2. The molecule has 3 N–H and O–H groups in total. The zero-order chi connectivity index (χ0) is 35.0. The first kappa shape index (κ1) is 45.7. The fraction of sp³-hybridized carbons (Fsp3) is 0.846. The highest BCUT2D eigenvalue weighted by molar-refractivity contribution is 8.10. The van der Waals surface area contributed by atoms with Crippen LogP contribution >= 0.6 is 33.9 Å². The lowest BCUT2D eigenvalue weighted by molar-refractivity contribution is -0.150. The summed E-state index contributed by atoms with van der Waals surface area (Å²) in [4.78, 5) is 45.8. The molecule has 0 aromatic heterocycles. The number of carbonyl (C=O) groups is 4. The molecule has 0 aromatic carbocycles. The molecule has 0 heterocycles. The van der Waals surface area contributed by atoms with Crippen LogP contribution in [0.25, 0.3) is 0 Å². The number of alkyl carbamates (subject to hydrolysis) is 2. The highest BCUT2D eigenvalue weighted by Gasteiger charge is 2.34. The number of halogens is 3. The monoisotopic (exact) mass is 702 g/mol. The first-order valence-corrected chi connectivity index (χ1v) is 16.3. The summed E-state index contributed by atoms with van der Waals surface area (Å²) >= 11 is 10.2.